The molecule has 2 aliphatic rings. The second kappa shape index (κ2) is 10.3. The Kier molecular flexibility index (Phi) is 7.20. The molecule has 2 aliphatic heterocycles. The number of nitrogens with two attached hydrogens (primary N) is 1. The maximum absolute atomic E-state index is 12.3. The largest absolute Gasteiger partial charge is 0.398 e. The lowest BCUT2D eigenvalue weighted by Crippen LogP contribution is -2.57. The van der Waals surface area contributed by atoms with E-state index >= 15 is 0 Å². The standard InChI is InChI=1S/C25H33N7O3S2/c1-16-13-30(14-17(2)32(16)37(3,33)34)15-18-11-22-23(36-18)25(31-7-9-35-10-8-31)29-24(28-22)19-5-4-6-21(27)20(19)12-26/h4-6,11-12,16-17,26H,7-10,13-15,27H2,1-3H3/t16-,17+. The highest BCUT2D eigenvalue weighted by Crippen LogP contribution is 2.36. The number of hydrogen-bond acceptors (Lipinski definition) is 10. The monoisotopic (exact) mass is 543 g/mol. The molecule has 2 aromatic heterocycles. The molecule has 37 heavy (non-hydrogen) atoms. The molecular formula is C25H33N7O3S2. The van der Waals surface area contributed by atoms with Crippen molar-refractivity contribution in [1.82, 2.24) is 19.2 Å². The van der Waals surface area contributed by atoms with Crippen LogP contribution < -0.4 is 10.6 Å². The van der Waals surface area contributed by atoms with Gasteiger partial charge in [-0.3, -0.25) is 4.90 Å². The number of morpholine rings is 1. The number of nitrogens with one attached hydrogen (secondary N) is 1. The van der Waals surface area contributed by atoms with E-state index in [0.29, 0.717) is 43.4 Å². The lowest BCUT2D eigenvalue weighted by Gasteiger charge is -2.42. The molecule has 2 atom stereocenters. The van der Waals surface area contributed by atoms with Gasteiger partial charge in [-0.2, -0.15) is 4.31 Å². The lowest BCUT2D eigenvalue weighted by atomic mass is 10.1. The first-order chi connectivity index (χ1) is 17.7. The van der Waals surface area contributed by atoms with Gasteiger partial charge in [0.05, 0.1) is 29.7 Å². The molecule has 2 fully saturated rings. The highest BCUT2D eigenvalue weighted by atomic mass is 32.2. The Morgan fingerprint density at radius 2 is 1.89 bits per heavy atom. The SMILES string of the molecule is C[C@@H]1CN(Cc2cc3nc(-c4cccc(N)c4C=N)nc(N4CCOCC4)c3s2)C[C@H](C)N1S(C)(=O)=O. The van der Waals surface area contributed by atoms with Crippen molar-refractivity contribution in [3.05, 3.63) is 34.7 Å². The number of nitrogens with zero attached hydrogens (tertiary/aromatic N) is 5. The maximum Gasteiger partial charge on any atom is 0.211 e. The molecule has 4 heterocycles. The van der Waals surface area contributed by atoms with Gasteiger partial charge in [-0.1, -0.05) is 12.1 Å². The lowest BCUT2D eigenvalue weighted by molar-refractivity contribution is 0.0977. The van der Waals surface area contributed by atoms with Crippen LogP contribution in [0.4, 0.5) is 11.5 Å². The topological polar surface area (TPSA) is 129 Å². The van der Waals surface area contributed by atoms with Crippen molar-refractivity contribution in [2.75, 3.05) is 56.3 Å². The number of sulfonamides is 1. The number of aromatic nitrogens is 2. The molecule has 5 rings (SSSR count). The van der Waals surface area contributed by atoms with Crippen LogP contribution >= 0.6 is 11.3 Å². The summed E-state index contributed by atoms with van der Waals surface area (Å²) < 4.78 is 32.7. The summed E-state index contributed by atoms with van der Waals surface area (Å²) in [5.74, 6) is 1.43. The number of rotatable bonds is 6. The Labute approximate surface area is 221 Å². The summed E-state index contributed by atoms with van der Waals surface area (Å²) in [6, 6.07) is 7.47. The zero-order valence-corrected chi connectivity index (χ0v) is 23.0. The van der Waals surface area contributed by atoms with Crippen molar-refractivity contribution in [3.8, 4) is 11.4 Å². The van der Waals surface area contributed by atoms with Crippen LogP contribution in [0.5, 0.6) is 0 Å². The molecule has 0 spiro atoms. The Bertz CT molecular complexity index is 1410. The van der Waals surface area contributed by atoms with Gasteiger partial charge in [-0.15, -0.1) is 11.3 Å². The number of piperazine rings is 1. The first kappa shape index (κ1) is 26.0. The smallest absolute Gasteiger partial charge is 0.211 e. The van der Waals surface area contributed by atoms with Gasteiger partial charge in [0.2, 0.25) is 10.0 Å². The van der Waals surface area contributed by atoms with E-state index in [4.69, 9.17) is 25.8 Å². The minimum absolute atomic E-state index is 0.0912. The Hall–Kier alpha value is -2.64. The number of hydrogen-bond donors (Lipinski definition) is 2. The van der Waals surface area contributed by atoms with Crippen LogP contribution in [-0.2, 0) is 21.3 Å². The third kappa shape index (κ3) is 5.21. The number of benzene rings is 1. The average Bonchev–Trinajstić information content (AvgIpc) is 3.24. The molecule has 0 amide bonds. The second-order valence-electron chi connectivity index (χ2n) is 9.84. The van der Waals surface area contributed by atoms with E-state index in [1.807, 2.05) is 26.0 Å². The zero-order valence-electron chi connectivity index (χ0n) is 21.3. The van der Waals surface area contributed by atoms with Crippen molar-refractivity contribution in [3.63, 3.8) is 0 Å². The summed E-state index contributed by atoms with van der Waals surface area (Å²) in [6.45, 7) is 8.77. The van der Waals surface area contributed by atoms with Crippen molar-refractivity contribution >= 4 is 49.3 Å². The second-order valence-corrected chi connectivity index (χ2v) is 12.9. The summed E-state index contributed by atoms with van der Waals surface area (Å²) >= 11 is 1.69. The fraction of sp³-hybridized carbons (Fsp3) is 0.480. The Balaban J connectivity index is 1.52. The van der Waals surface area contributed by atoms with Crippen LogP contribution in [0.2, 0.25) is 0 Å². The number of thiophene rings is 1. The molecule has 198 valence electrons. The van der Waals surface area contributed by atoms with Gasteiger partial charge in [-0.05, 0) is 26.0 Å². The summed E-state index contributed by atoms with van der Waals surface area (Å²) in [5.41, 5.74) is 8.88. The first-order valence-corrected chi connectivity index (χ1v) is 15.1. The van der Waals surface area contributed by atoms with E-state index in [9.17, 15) is 8.42 Å². The van der Waals surface area contributed by atoms with E-state index in [0.717, 1.165) is 46.1 Å². The molecular weight excluding hydrogens is 510 g/mol. The fourth-order valence-corrected chi connectivity index (χ4v) is 8.11. The fourth-order valence-electron chi connectivity index (χ4n) is 5.51. The van der Waals surface area contributed by atoms with Crippen LogP contribution in [0.1, 0.15) is 24.3 Å². The van der Waals surface area contributed by atoms with Gasteiger partial charge in [0.25, 0.3) is 0 Å². The predicted octanol–water partition coefficient (Wildman–Crippen LogP) is 2.63. The summed E-state index contributed by atoms with van der Waals surface area (Å²) in [5, 5.41) is 7.89. The molecule has 1 aromatic carbocycles. The normalized spacial score (nSPS) is 22.0. The number of ether oxygens (including phenoxy) is 1. The molecule has 0 saturated carbocycles. The van der Waals surface area contributed by atoms with Gasteiger partial charge in [0.1, 0.15) is 0 Å². The third-order valence-corrected chi connectivity index (χ3v) is 9.51. The molecule has 12 heteroatoms. The van der Waals surface area contributed by atoms with E-state index in [-0.39, 0.29) is 12.1 Å². The van der Waals surface area contributed by atoms with Crippen LogP contribution in [0, 0.1) is 5.41 Å². The minimum atomic E-state index is -3.25. The molecule has 0 bridgehead atoms. The van der Waals surface area contributed by atoms with Gasteiger partial charge in [0, 0.05) is 72.7 Å². The highest BCUT2D eigenvalue weighted by Gasteiger charge is 2.35. The van der Waals surface area contributed by atoms with Gasteiger partial charge < -0.3 is 20.8 Å². The third-order valence-electron chi connectivity index (χ3n) is 6.92. The predicted molar refractivity (Wildman–Crippen MR) is 149 cm³/mol. The van der Waals surface area contributed by atoms with Gasteiger partial charge >= 0.3 is 0 Å². The highest BCUT2D eigenvalue weighted by molar-refractivity contribution is 7.88. The quantitative estimate of drug-likeness (QED) is 0.359. The minimum Gasteiger partial charge on any atom is -0.398 e. The Morgan fingerprint density at radius 1 is 1.19 bits per heavy atom. The number of fused-ring (bicyclic) bond motifs is 1. The van der Waals surface area contributed by atoms with E-state index in [1.165, 1.54) is 12.5 Å². The zero-order chi connectivity index (χ0) is 26.3. The molecule has 0 unspecified atom stereocenters. The van der Waals surface area contributed by atoms with E-state index in [2.05, 4.69) is 15.9 Å². The van der Waals surface area contributed by atoms with E-state index < -0.39 is 10.0 Å². The molecule has 0 aliphatic carbocycles. The van der Waals surface area contributed by atoms with Crippen LogP contribution in [0.25, 0.3) is 21.6 Å². The van der Waals surface area contributed by atoms with Crippen LogP contribution in [0.3, 0.4) is 0 Å². The van der Waals surface area contributed by atoms with Crippen molar-refractivity contribution in [2.24, 2.45) is 0 Å². The van der Waals surface area contributed by atoms with Crippen LogP contribution in [0.15, 0.2) is 24.3 Å². The molecule has 3 N–H and O–H groups in total. The summed E-state index contributed by atoms with van der Waals surface area (Å²) in [4.78, 5) is 15.6. The van der Waals surface area contributed by atoms with Crippen LogP contribution in [-0.4, -0.2) is 91.5 Å². The number of nitrogen functional groups attached to an aromatic ring is 1. The first-order valence-electron chi connectivity index (χ1n) is 12.4. The van der Waals surface area contributed by atoms with Gasteiger partial charge in [-0.25, -0.2) is 18.4 Å². The molecule has 0 radical (unpaired) electrons. The summed E-state index contributed by atoms with van der Waals surface area (Å²) in [6.07, 6.45) is 2.54. The Morgan fingerprint density at radius 3 is 2.54 bits per heavy atom. The summed E-state index contributed by atoms with van der Waals surface area (Å²) in [7, 11) is -3.25. The molecule has 3 aromatic rings. The van der Waals surface area contributed by atoms with Crippen molar-refractivity contribution in [2.45, 2.75) is 32.5 Å². The van der Waals surface area contributed by atoms with Crippen molar-refractivity contribution in [1.29, 1.82) is 5.41 Å². The van der Waals surface area contributed by atoms with E-state index in [1.54, 1.807) is 21.7 Å². The molecule has 2 saturated heterocycles. The average molecular weight is 544 g/mol. The van der Waals surface area contributed by atoms with Gasteiger partial charge in [0.15, 0.2) is 11.6 Å². The molecule has 10 nitrogen and oxygen atoms in total. The number of anilines is 2. The van der Waals surface area contributed by atoms with Crippen molar-refractivity contribution < 1.29 is 13.2 Å². The maximum atomic E-state index is 12.3.